The van der Waals surface area contributed by atoms with Crippen molar-refractivity contribution in [2.45, 2.75) is 25.9 Å². The minimum Gasteiger partial charge on any atom is -0.464 e. The van der Waals surface area contributed by atoms with Crippen molar-refractivity contribution in [1.29, 1.82) is 0 Å². The smallest absolute Gasteiger partial charge is 0.174 e. The van der Waals surface area contributed by atoms with E-state index in [-0.39, 0.29) is 12.1 Å². The summed E-state index contributed by atoms with van der Waals surface area (Å²) in [6.45, 7) is 4.02. The molecular weight excluding hydrogens is 410 g/mol. The molecule has 2 aromatic heterocycles. The Morgan fingerprint density at radius 2 is 2.00 bits per heavy atom. The normalized spacial score (nSPS) is 19.7. The predicted octanol–water partition coefficient (Wildman–Crippen LogP) is 5.23. The van der Waals surface area contributed by atoms with E-state index in [1.807, 2.05) is 43.3 Å². The van der Waals surface area contributed by atoms with Gasteiger partial charge in [-0.05, 0) is 74.1 Å². The highest BCUT2D eigenvalue weighted by atomic mass is 79.9. The lowest BCUT2D eigenvalue weighted by molar-refractivity contribution is 0.418. The summed E-state index contributed by atoms with van der Waals surface area (Å²) in [5.74, 6) is 1.75. The fourth-order valence-electron chi connectivity index (χ4n) is 3.31. The Labute approximate surface area is 166 Å². The summed E-state index contributed by atoms with van der Waals surface area (Å²) in [5, 5.41) is 4.10. The number of nitrogens with one attached hydrogen (secondary N) is 1. The van der Waals surface area contributed by atoms with E-state index in [1.54, 1.807) is 6.20 Å². The molecule has 0 bridgehead atoms. The first-order chi connectivity index (χ1) is 12.5. The van der Waals surface area contributed by atoms with Crippen LogP contribution in [0.2, 0.25) is 0 Å². The number of nitrogens with zero attached hydrogens (tertiary/aromatic N) is 2. The summed E-state index contributed by atoms with van der Waals surface area (Å²) in [5.41, 5.74) is 3.12. The first kappa shape index (κ1) is 17.2. The number of pyridine rings is 1. The highest BCUT2D eigenvalue weighted by Crippen LogP contribution is 2.42. The molecule has 3 heterocycles. The number of benzene rings is 1. The Morgan fingerprint density at radius 3 is 2.65 bits per heavy atom. The van der Waals surface area contributed by atoms with Gasteiger partial charge in [-0.3, -0.25) is 4.98 Å². The molecule has 1 aliphatic heterocycles. The Morgan fingerprint density at radius 1 is 1.15 bits per heavy atom. The Hall–Kier alpha value is -2.18. The van der Waals surface area contributed by atoms with E-state index in [1.165, 1.54) is 0 Å². The molecular formula is C20H18BrN3OS. The quantitative estimate of drug-likeness (QED) is 0.579. The number of aryl methyl sites for hydroxylation is 2. The van der Waals surface area contributed by atoms with Gasteiger partial charge in [-0.25, -0.2) is 0 Å². The van der Waals surface area contributed by atoms with E-state index in [0.717, 1.165) is 32.9 Å². The molecule has 1 fully saturated rings. The molecule has 3 aromatic rings. The number of hydrogen-bond acceptors (Lipinski definition) is 3. The number of thiocarbonyl (C=S) groups is 1. The minimum atomic E-state index is -0.105. The van der Waals surface area contributed by atoms with E-state index in [9.17, 15) is 0 Å². The molecule has 4 nitrogen and oxygen atoms in total. The van der Waals surface area contributed by atoms with Crippen molar-refractivity contribution >= 4 is 38.9 Å². The lowest BCUT2D eigenvalue weighted by Crippen LogP contribution is -2.29. The predicted molar refractivity (Wildman–Crippen MR) is 110 cm³/mol. The monoisotopic (exact) mass is 427 g/mol. The molecule has 0 radical (unpaired) electrons. The van der Waals surface area contributed by atoms with Gasteiger partial charge >= 0.3 is 0 Å². The second kappa shape index (κ2) is 6.85. The lowest BCUT2D eigenvalue weighted by Gasteiger charge is -2.26. The second-order valence-corrected chi connectivity index (χ2v) is 7.62. The third-order valence-corrected chi connectivity index (χ3v) is 5.77. The maximum atomic E-state index is 5.99. The molecule has 1 N–H and O–H groups in total. The number of halogens is 1. The Bertz CT molecular complexity index is 957. The van der Waals surface area contributed by atoms with E-state index in [4.69, 9.17) is 16.6 Å². The average Bonchev–Trinajstić information content (AvgIpc) is 3.21. The average molecular weight is 428 g/mol. The molecule has 26 heavy (non-hydrogen) atoms. The van der Waals surface area contributed by atoms with Gasteiger partial charge in [0, 0.05) is 16.4 Å². The van der Waals surface area contributed by atoms with Crippen LogP contribution in [-0.4, -0.2) is 10.1 Å². The zero-order valence-electron chi connectivity index (χ0n) is 14.4. The SMILES string of the molecule is Cc1ccc([C@@H]2[C@@H](c3ccccn3)NC(=S)N2c2ccc(Br)c(C)c2)o1. The summed E-state index contributed by atoms with van der Waals surface area (Å²) in [4.78, 5) is 6.66. The summed E-state index contributed by atoms with van der Waals surface area (Å²) < 4.78 is 7.07. The standard InChI is InChI=1S/C20H18BrN3OS/c1-12-11-14(7-8-15(12)21)24-19(17-9-6-13(2)25-17)18(23-20(24)26)16-5-3-4-10-22-16/h3-11,18-19H,1-2H3,(H,23,26)/t18-,19-/m1/s1. The van der Waals surface area contributed by atoms with Crippen LogP contribution in [0.4, 0.5) is 5.69 Å². The first-order valence-electron chi connectivity index (χ1n) is 8.38. The van der Waals surface area contributed by atoms with E-state index >= 15 is 0 Å². The molecule has 1 aromatic carbocycles. The van der Waals surface area contributed by atoms with Gasteiger partial charge in [-0.15, -0.1) is 0 Å². The highest BCUT2D eigenvalue weighted by Gasteiger charge is 2.42. The summed E-state index contributed by atoms with van der Waals surface area (Å²) in [6, 6.07) is 16.0. The van der Waals surface area contributed by atoms with Crippen molar-refractivity contribution in [3.63, 3.8) is 0 Å². The van der Waals surface area contributed by atoms with Crippen LogP contribution in [0.25, 0.3) is 0 Å². The van der Waals surface area contributed by atoms with Crippen molar-refractivity contribution in [2.24, 2.45) is 0 Å². The molecule has 0 spiro atoms. The molecule has 1 saturated heterocycles. The van der Waals surface area contributed by atoms with Crippen molar-refractivity contribution in [3.8, 4) is 0 Å². The van der Waals surface area contributed by atoms with Crippen molar-refractivity contribution in [2.75, 3.05) is 4.90 Å². The number of rotatable bonds is 3. The molecule has 4 rings (SSSR count). The van der Waals surface area contributed by atoms with Gasteiger partial charge < -0.3 is 14.6 Å². The van der Waals surface area contributed by atoms with Gasteiger partial charge in [0.2, 0.25) is 0 Å². The Balaban J connectivity index is 1.83. The van der Waals surface area contributed by atoms with Crippen molar-refractivity contribution < 1.29 is 4.42 Å². The summed E-state index contributed by atoms with van der Waals surface area (Å²) in [6.07, 6.45) is 1.80. The third kappa shape index (κ3) is 3.04. The van der Waals surface area contributed by atoms with Crippen LogP contribution in [0, 0.1) is 13.8 Å². The zero-order valence-corrected chi connectivity index (χ0v) is 16.8. The number of aromatic nitrogens is 1. The molecule has 6 heteroatoms. The molecule has 132 valence electrons. The summed E-state index contributed by atoms with van der Waals surface area (Å²) >= 11 is 9.26. The Kier molecular flexibility index (Phi) is 4.54. The van der Waals surface area contributed by atoms with Gasteiger partial charge in [0.25, 0.3) is 0 Å². The molecule has 0 unspecified atom stereocenters. The minimum absolute atomic E-state index is 0.0850. The van der Waals surface area contributed by atoms with Crippen LogP contribution in [0.1, 0.15) is 34.9 Å². The van der Waals surface area contributed by atoms with E-state index < -0.39 is 0 Å². The molecule has 1 aliphatic rings. The van der Waals surface area contributed by atoms with Crippen LogP contribution in [-0.2, 0) is 0 Å². The van der Waals surface area contributed by atoms with E-state index in [0.29, 0.717) is 5.11 Å². The van der Waals surface area contributed by atoms with Crippen LogP contribution in [0.15, 0.2) is 63.6 Å². The van der Waals surface area contributed by atoms with Crippen molar-refractivity contribution in [3.05, 3.63) is 82.0 Å². The fourth-order valence-corrected chi connectivity index (χ4v) is 3.91. The van der Waals surface area contributed by atoms with Crippen LogP contribution in [0.3, 0.4) is 0 Å². The second-order valence-electron chi connectivity index (χ2n) is 6.38. The number of furan rings is 1. The molecule has 0 saturated carbocycles. The largest absolute Gasteiger partial charge is 0.464 e. The highest BCUT2D eigenvalue weighted by molar-refractivity contribution is 9.10. The first-order valence-corrected chi connectivity index (χ1v) is 9.58. The third-order valence-electron chi connectivity index (χ3n) is 4.57. The number of hydrogen-bond donors (Lipinski definition) is 1. The van der Waals surface area contributed by atoms with Gasteiger partial charge in [-0.1, -0.05) is 22.0 Å². The molecule has 0 amide bonds. The van der Waals surface area contributed by atoms with E-state index in [2.05, 4.69) is 50.2 Å². The van der Waals surface area contributed by atoms with Crippen LogP contribution < -0.4 is 10.2 Å². The van der Waals surface area contributed by atoms with Gasteiger partial charge in [0.05, 0.1) is 11.7 Å². The topological polar surface area (TPSA) is 41.3 Å². The van der Waals surface area contributed by atoms with Crippen LogP contribution in [0.5, 0.6) is 0 Å². The fraction of sp³-hybridized carbons (Fsp3) is 0.200. The van der Waals surface area contributed by atoms with Gasteiger partial charge in [0.15, 0.2) is 5.11 Å². The van der Waals surface area contributed by atoms with Gasteiger partial charge in [-0.2, -0.15) is 0 Å². The van der Waals surface area contributed by atoms with Crippen LogP contribution >= 0.6 is 28.1 Å². The maximum absolute atomic E-state index is 5.99. The molecule has 0 aliphatic carbocycles. The number of anilines is 1. The zero-order chi connectivity index (χ0) is 18.3. The lowest BCUT2D eigenvalue weighted by atomic mass is 10.0. The molecule has 2 atom stereocenters. The summed E-state index contributed by atoms with van der Waals surface area (Å²) in [7, 11) is 0. The maximum Gasteiger partial charge on any atom is 0.174 e. The van der Waals surface area contributed by atoms with Crippen molar-refractivity contribution in [1.82, 2.24) is 10.3 Å². The van der Waals surface area contributed by atoms with Gasteiger partial charge in [0.1, 0.15) is 17.6 Å².